The van der Waals surface area contributed by atoms with Crippen LogP contribution in [0.1, 0.15) is 22.5 Å². The van der Waals surface area contributed by atoms with Gasteiger partial charge in [-0.2, -0.15) is 18.4 Å². The maximum Gasteiger partial charge on any atom is 0.416 e. The Morgan fingerprint density at radius 2 is 1.75 bits per heavy atom. The number of nitriles is 1. The Bertz CT molecular complexity index is 1250. The zero-order valence-corrected chi connectivity index (χ0v) is 18.4. The van der Waals surface area contributed by atoms with Crippen molar-refractivity contribution < 1.29 is 18.0 Å². The molecule has 0 bridgehead atoms. The van der Waals surface area contributed by atoms with Gasteiger partial charge in [-0.3, -0.25) is 4.79 Å². The third-order valence-electron chi connectivity index (χ3n) is 4.76. The van der Waals surface area contributed by atoms with Crippen molar-refractivity contribution in [2.45, 2.75) is 20.0 Å². The van der Waals surface area contributed by atoms with Crippen LogP contribution < -0.4 is 5.32 Å². The summed E-state index contributed by atoms with van der Waals surface area (Å²) < 4.78 is 40.8. The van der Waals surface area contributed by atoms with E-state index in [-0.39, 0.29) is 16.3 Å². The Morgan fingerprint density at radius 1 is 1.09 bits per heavy atom. The molecule has 2 aromatic carbocycles. The summed E-state index contributed by atoms with van der Waals surface area (Å²) >= 11 is 11.9. The highest BCUT2D eigenvalue weighted by Crippen LogP contribution is 2.34. The van der Waals surface area contributed by atoms with Gasteiger partial charge in [0.25, 0.3) is 5.91 Å². The van der Waals surface area contributed by atoms with Crippen LogP contribution in [0.2, 0.25) is 10.0 Å². The molecule has 164 valence electrons. The van der Waals surface area contributed by atoms with E-state index in [1.807, 2.05) is 30.5 Å². The molecule has 0 atom stereocenters. The number of anilines is 1. The zero-order valence-electron chi connectivity index (χ0n) is 16.9. The summed E-state index contributed by atoms with van der Waals surface area (Å²) in [5.41, 5.74) is 1.60. The van der Waals surface area contributed by atoms with E-state index in [1.54, 1.807) is 24.3 Å². The largest absolute Gasteiger partial charge is 0.416 e. The molecule has 0 unspecified atom stereocenters. The van der Waals surface area contributed by atoms with Gasteiger partial charge < -0.3 is 9.88 Å². The number of amides is 1. The Balaban J connectivity index is 1.94. The van der Waals surface area contributed by atoms with Crippen LogP contribution >= 0.6 is 23.2 Å². The minimum atomic E-state index is -4.60. The molecular weight excluding hydrogens is 462 g/mol. The van der Waals surface area contributed by atoms with Crippen LogP contribution in [0.4, 0.5) is 18.9 Å². The number of hydrogen-bond acceptors (Lipinski definition) is 2. The smallest absolute Gasteiger partial charge is 0.320 e. The third kappa shape index (κ3) is 4.98. The summed E-state index contributed by atoms with van der Waals surface area (Å²) in [5, 5.41) is 12.3. The lowest BCUT2D eigenvalue weighted by Gasteiger charge is -2.11. The standard InChI is InChI=1S/C23H16Cl2F3N3O/c1-13-9-15(14(2)31(13)19-6-4-18(24)5-7-19)10-16(12-29)22(32)30-21-11-17(23(26,27)28)3-8-20(21)25/h3-11H,1-2H3,(H,30,32)/b16-10+. The lowest BCUT2D eigenvalue weighted by atomic mass is 10.1. The van der Waals surface area contributed by atoms with Crippen molar-refractivity contribution in [2.24, 2.45) is 0 Å². The number of nitrogens with zero attached hydrogens (tertiary/aromatic N) is 2. The van der Waals surface area contributed by atoms with E-state index in [9.17, 15) is 23.2 Å². The van der Waals surface area contributed by atoms with E-state index in [2.05, 4.69) is 5.32 Å². The number of halogens is 5. The first-order valence-corrected chi connectivity index (χ1v) is 10.0. The van der Waals surface area contributed by atoms with E-state index in [0.29, 0.717) is 10.6 Å². The fraction of sp³-hybridized carbons (Fsp3) is 0.130. The van der Waals surface area contributed by atoms with Crippen molar-refractivity contribution in [2.75, 3.05) is 5.32 Å². The van der Waals surface area contributed by atoms with E-state index in [0.717, 1.165) is 35.3 Å². The fourth-order valence-corrected chi connectivity index (χ4v) is 3.50. The predicted molar refractivity (Wildman–Crippen MR) is 119 cm³/mol. The van der Waals surface area contributed by atoms with Gasteiger partial charge in [0.2, 0.25) is 0 Å². The molecule has 3 rings (SSSR count). The Kier molecular flexibility index (Phi) is 6.68. The van der Waals surface area contributed by atoms with Gasteiger partial charge in [-0.1, -0.05) is 23.2 Å². The highest BCUT2D eigenvalue weighted by molar-refractivity contribution is 6.34. The summed E-state index contributed by atoms with van der Waals surface area (Å²) in [4.78, 5) is 12.6. The summed E-state index contributed by atoms with van der Waals surface area (Å²) in [6, 6.07) is 13.3. The zero-order chi connectivity index (χ0) is 23.6. The van der Waals surface area contributed by atoms with Gasteiger partial charge in [0.15, 0.2) is 0 Å². The first kappa shape index (κ1) is 23.5. The molecule has 1 aromatic heterocycles. The van der Waals surface area contributed by atoms with Crippen LogP contribution in [0.3, 0.4) is 0 Å². The Hall–Kier alpha value is -3.21. The molecule has 0 radical (unpaired) electrons. The van der Waals surface area contributed by atoms with Gasteiger partial charge in [-0.25, -0.2) is 0 Å². The minimum absolute atomic E-state index is 0.0791. The topological polar surface area (TPSA) is 57.8 Å². The van der Waals surface area contributed by atoms with Crippen LogP contribution in [-0.4, -0.2) is 10.5 Å². The number of nitrogens with one attached hydrogen (secondary N) is 1. The second-order valence-electron chi connectivity index (χ2n) is 6.95. The summed E-state index contributed by atoms with van der Waals surface area (Å²) in [6.07, 6.45) is -3.22. The van der Waals surface area contributed by atoms with Crippen molar-refractivity contribution in [3.8, 4) is 11.8 Å². The van der Waals surface area contributed by atoms with E-state index >= 15 is 0 Å². The van der Waals surface area contributed by atoms with Crippen LogP contribution in [0.5, 0.6) is 0 Å². The first-order valence-electron chi connectivity index (χ1n) is 9.26. The number of aromatic nitrogens is 1. The van der Waals surface area contributed by atoms with Crippen molar-refractivity contribution in [1.82, 2.24) is 4.57 Å². The number of carbonyl (C=O) groups is 1. The molecule has 1 heterocycles. The quantitative estimate of drug-likeness (QED) is 0.325. The highest BCUT2D eigenvalue weighted by atomic mass is 35.5. The second kappa shape index (κ2) is 9.11. The van der Waals surface area contributed by atoms with Gasteiger partial charge in [-0.15, -0.1) is 0 Å². The molecule has 0 aliphatic carbocycles. The number of alkyl halides is 3. The summed E-state index contributed by atoms with van der Waals surface area (Å²) in [5.74, 6) is -0.870. The SMILES string of the molecule is Cc1cc(/C=C(\C#N)C(=O)Nc2cc(C(F)(F)F)ccc2Cl)c(C)n1-c1ccc(Cl)cc1. The van der Waals surface area contributed by atoms with E-state index < -0.39 is 17.6 Å². The third-order valence-corrected chi connectivity index (χ3v) is 5.34. The van der Waals surface area contributed by atoms with Gasteiger partial charge in [0.05, 0.1) is 16.3 Å². The van der Waals surface area contributed by atoms with Gasteiger partial charge in [0, 0.05) is 22.1 Å². The van der Waals surface area contributed by atoms with Crippen molar-refractivity contribution in [1.29, 1.82) is 5.26 Å². The van der Waals surface area contributed by atoms with E-state index in [1.165, 1.54) is 6.08 Å². The molecular formula is C23H16Cl2F3N3O. The lowest BCUT2D eigenvalue weighted by Crippen LogP contribution is -2.15. The number of aryl methyl sites for hydroxylation is 1. The molecule has 3 aromatic rings. The molecule has 0 saturated heterocycles. The van der Waals surface area contributed by atoms with Gasteiger partial charge in [0.1, 0.15) is 11.6 Å². The van der Waals surface area contributed by atoms with Crippen molar-refractivity contribution in [3.63, 3.8) is 0 Å². The molecule has 0 aliphatic rings. The molecule has 1 N–H and O–H groups in total. The number of hydrogen-bond donors (Lipinski definition) is 1. The minimum Gasteiger partial charge on any atom is -0.320 e. The Morgan fingerprint density at radius 3 is 2.34 bits per heavy atom. The van der Waals surface area contributed by atoms with Crippen LogP contribution in [0.15, 0.2) is 54.1 Å². The van der Waals surface area contributed by atoms with Crippen molar-refractivity contribution in [3.05, 3.63) is 86.7 Å². The molecule has 9 heteroatoms. The first-order chi connectivity index (χ1) is 15.0. The van der Waals surface area contributed by atoms with Crippen LogP contribution in [0, 0.1) is 25.2 Å². The predicted octanol–water partition coefficient (Wildman–Crippen LogP) is 6.97. The molecule has 0 spiro atoms. The maximum absolute atomic E-state index is 13.0. The average Bonchev–Trinajstić information content (AvgIpc) is 3.00. The second-order valence-corrected chi connectivity index (χ2v) is 7.80. The van der Waals surface area contributed by atoms with Crippen molar-refractivity contribution >= 4 is 40.9 Å². The summed E-state index contributed by atoms with van der Waals surface area (Å²) in [6.45, 7) is 3.69. The maximum atomic E-state index is 13.0. The van der Waals surface area contributed by atoms with E-state index in [4.69, 9.17) is 23.2 Å². The number of carbonyl (C=O) groups excluding carboxylic acids is 1. The fourth-order valence-electron chi connectivity index (χ4n) is 3.21. The molecule has 0 aliphatic heterocycles. The van der Waals surface area contributed by atoms with Crippen LogP contribution in [-0.2, 0) is 11.0 Å². The molecule has 0 fully saturated rings. The Labute approximate surface area is 192 Å². The molecule has 32 heavy (non-hydrogen) atoms. The highest BCUT2D eigenvalue weighted by Gasteiger charge is 2.31. The van der Waals surface area contributed by atoms with Gasteiger partial charge >= 0.3 is 6.18 Å². The lowest BCUT2D eigenvalue weighted by molar-refractivity contribution is -0.137. The average molecular weight is 478 g/mol. The molecule has 4 nitrogen and oxygen atoms in total. The normalized spacial score (nSPS) is 11.9. The summed E-state index contributed by atoms with van der Waals surface area (Å²) in [7, 11) is 0. The van der Waals surface area contributed by atoms with Crippen LogP contribution in [0.25, 0.3) is 11.8 Å². The monoisotopic (exact) mass is 477 g/mol. The number of rotatable bonds is 4. The molecule has 1 amide bonds. The number of benzene rings is 2. The molecule has 0 saturated carbocycles. The van der Waals surface area contributed by atoms with Gasteiger partial charge in [-0.05, 0) is 74.0 Å².